The summed E-state index contributed by atoms with van der Waals surface area (Å²) < 4.78 is 11.7. The number of hydrogen-bond donors (Lipinski definition) is 2. The number of aliphatic imine (C=N–C) groups is 1. The Kier molecular flexibility index (Phi) is 11.4. The van der Waals surface area contributed by atoms with E-state index in [1.165, 1.54) is 64.5 Å². The van der Waals surface area contributed by atoms with Gasteiger partial charge in [-0.3, -0.25) is 9.89 Å². The van der Waals surface area contributed by atoms with Crippen LogP contribution in [0.15, 0.2) is 4.99 Å². The fourth-order valence-electron chi connectivity index (χ4n) is 4.82. The van der Waals surface area contributed by atoms with Gasteiger partial charge < -0.3 is 20.1 Å². The average molecular weight is 508 g/mol. The molecule has 0 unspecified atom stereocenters. The second-order valence-electron chi connectivity index (χ2n) is 8.37. The highest BCUT2D eigenvalue weighted by atomic mass is 127. The van der Waals surface area contributed by atoms with Gasteiger partial charge in [-0.25, -0.2) is 0 Å². The molecule has 2 heterocycles. The van der Waals surface area contributed by atoms with Crippen molar-refractivity contribution in [3.63, 3.8) is 0 Å². The van der Waals surface area contributed by atoms with E-state index < -0.39 is 0 Å². The molecular weight excluding hydrogens is 467 g/mol. The molecule has 2 aliphatic heterocycles. The molecule has 1 saturated carbocycles. The standard InChI is InChI=1S/C21H40N4O2.HI/c1-22-20(23-12-17-27-19-8-4-2-3-5-9-19)24-18-21(10-15-26-16-11-21)25-13-6-7-14-25;/h19H,2-18H2,1H3,(H2,22,23,24);1H. The molecule has 1 aliphatic carbocycles. The molecule has 0 bridgehead atoms. The first-order valence-corrected chi connectivity index (χ1v) is 11.2. The maximum absolute atomic E-state index is 6.08. The number of ether oxygens (including phenoxy) is 2. The van der Waals surface area contributed by atoms with Crippen LogP contribution in [-0.2, 0) is 9.47 Å². The van der Waals surface area contributed by atoms with E-state index in [0.717, 1.165) is 51.7 Å². The number of guanidine groups is 1. The van der Waals surface area contributed by atoms with E-state index in [2.05, 4.69) is 20.5 Å². The SMILES string of the molecule is CN=C(NCCOC1CCCCCC1)NCC1(N2CCCC2)CCOCC1.I. The van der Waals surface area contributed by atoms with Gasteiger partial charge in [0.25, 0.3) is 0 Å². The van der Waals surface area contributed by atoms with E-state index >= 15 is 0 Å². The molecule has 0 radical (unpaired) electrons. The van der Waals surface area contributed by atoms with Crippen molar-refractivity contribution in [3.05, 3.63) is 0 Å². The quantitative estimate of drug-likeness (QED) is 0.182. The molecule has 0 aromatic carbocycles. The summed E-state index contributed by atoms with van der Waals surface area (Å²) in [6.07, 6.45) is 13.2. The van der Waals surface area contributed by atoms with Gasteiger partial charge in [-0.15, -0.1) is 24.0 Å². The van der Waals surface area contributed by atoms with Gasteiger partial charge in [0.05, 0.1) is 12.7 Å². The fraction of sp³-hybridized carbons (Fsp3) is 0.952. The van der Waals surface area contributed by atoms with Gasteiger partial charge in [0.15, 0.2) is 5.96 Å². The van der Waals surface area contributed by atoms with E-state index in [1.54, 1.807) is 0 Å². The lowest BCUT2D eigenvalue weighted by Gasteiger charge is -2.45. The van der Waals surface area contributed by atoms with E-state index in [4.69, 9.17) is 9.47 Å². The zero-order valence-electron chi connectivity index (χ0n) is 17.7. The molecule has 0 aromatic rings. The summed E-state index contributed by atoms with van der Waals surface area (Å²) in [7, 11) is 1.86. The zero-order valence-corrected chi connectivity index (χ0v) is 20.0. The minimum absolute atomic E-state index is 0. The molecular formula is C21H41IN4O2. The van der Waals surface area contributed by atoms with Gasteiger partial charge in [0.1, 0.15) is 0 Å². The van der Waals surface area contributed by atoms with Crippen LogP contribution in [0.2, 0.25) is 0 Å². The highest BCUT2D eigenvalue weighted by Gasteiger charge is 2.39. The van der Waals surface area contributed by atoms with E-state index in [1.807, 2.05) is 7.05 Å². The Labute approximate surface area is 188 Å². The number of rotatable bonds is 7. The molecule has 3 fully saturated rings. The van der Waals surface area contributed by atoms with Crippen LogP contribution >= 0.6 is 24.0 Å². The number of nitrogens with one attached hydrogen (secondary N) is 2. The minimum atomic E-state index is 0. The third kappa shape index (κ3) is 7.29. The minimum Gasteiger partial charge on any atom is -0.381 e. The Morgan fingerprint density at radius 1 is 1.04 bits per heavy atom. The lowest BCUT2D eigenvalue weighted by molar-refractivity contribution is -0.0164. The van der Waals surface area contributed by atoms with Crippen molar-refractivity contribution >= 4 is 29.9 Å². The predicted octanol–water partition coefficient (Wildman–Crippen LogP) is 3.15. The molecule has 0 spiro atoms. The molecule has 0 amide bonds. The third-order valence-electron chi connectivity index (χ3n) is 6.56. The van der Waals surface area contributed by atoms with Crippen molar-refractivity contribution < 1.29 is 9.47 Å². The number of likely N-dealkylation sites (tertiary alicyclic amines) is 1. The highest BCUT2D eigenvalue weighted by molar-refractivity contribution is 14.0. The van der Waals surface area contributed by atoms with Crippen molar-refractivity contribution in [1.29, 1.82) is 0 Å². The van der Waals surface area contributed by atoms with Crippen LogP contribution in [0.5, 0.6) is 0 Å². The second kappa shape index (κ2) is 13.2. The van der Waals surface area contributed by atoms with E-state index in [0.29, 0.717) is 6.10 Å². The lowest BCUT2D eigenvalue weighted by atomic mass is 9.88. The molecule has 6 nitrogen and oxygen atoms in total. The van der Waals surface area contributed by atoms with Crippen molar-refractivity contribution in [2.24, 2.45) is 4.99 Å². The van der Waals surface area contributed by atoms with Gasteiger partial charge in [-0.05, 0) is 51.6 Å². The van der Waals surface area contributed by atoms with Gasteiger partial charge in [0, 0.05) is 38.9 Å². The molecule has 0 atom stereocenters. The molecule has 0 aromatic heterocycles. The molecule has 7 heteroatoms. The molecule has 3 rings (SSSR count). The maximum Gasteiger partial charge on any atom is 0.191 e. The Hall–Kier alpha value is -0.120. The Morgan fingerprint density at radius 2 is 1.71 bits per heavy atom. The zero-order chi connectivity index (χ0) is 18.8. The summed E-state index contributed by atoms with van der Waals surface area (Å²) in [5, 5.41) is 7.03. The van der Waals surface area contributed by atoms with Gasteiger partial charge >= 0.3 is 0 Å². The van der Waals surface area contributed by atoms with Gasteiger partial charge in [0.2, 0.25) is 0 Å². The smallest absolute Gasteiger partial charge is 0.191 e. The summed E-state index contributed by atoms with van der Waals surface area (Å²) >= 11 is 0. The summed E-state index contributed by atoms with van der Waals surface area (Å²) in [5.74, 6) is 0.893. The van der Waals surface area contributed by atoms with Crippen LogP contribution in [0.4, 0.5) is 0 Å². The van der Waals surface area contributed by atoms with Crippen LogP contribution in [0, 0.1) is 0 Å². The van der Waals surface area contributed by atoms with Gasteiger partial charge in [-0.2, -0.15) is 0 Å². The summed E-state index contributed by atoms with van der Waals surface area (Å²) in [4.78, 5) is 7.10. The van der Waals surface area contributed by atoms with Crippen LogP contribution in [-0.4, -0.2) is 75.5 Å². The number of halogens is 1. The van der Waals surface area contributed by atoms with Crippen LogP contribution in [0.1, 0.15) is 64.2 Å². The third-order valence-corrected chi connectivity index (χ3v) is 6.56. The highest BCUT2D eigenvalue weighted by Crippen LogP contribution is 2.30. The first kappa shape index (κ1) is 24.2. The monoisotopic (exact) mass is 508 g/mol. The molecule has 2 N–H and O–H groups in total. The maximum atomic E-state index is 6.08. The Balaban J connectivity index is 0.00000280. The largest absolute Gasteiger partial charge is 0.381 e. The van der Waals surface area contributed by atoms with Crippen LogP contribution in [0.25, 0.3) is 0 Å². The predicted molar refractivity (Wildman–Crippen MR) is 126 cm³/mol. The Bertz CT molecular complexity index is 444. The molecule has 164 valence electrons. The van der Waals surface area contributed by atoms with Crippen molar-refractivity contribution in [2.45, 2.75) is 75.9 Å². The lowest BCUT2D eigenvalue weighted by Crippen LogP contribution is -2.58. The Morgan fingerprint density at radius 3 is 2.36 bits per heavy atom. The molecule has 28 heavy (non-hydrogen) atoms. The molecule has 2 saturated heterocycles. The van der Waals surface area contributed by atoms with Crippen molar-refractivity contribution in [2.75, 3.05) is 53.0 Å². The normalized spacial score (nSPS) is 24.4. The summed E-state index contributed by atoms with van der Waals surface area (Å²) in [5.41, 5.74) is 0.225. The number of hydrogen-bond acceptors (Lipinski definition) is 4. The molecule has 3 aliphatic rings. The van der Waals surface area contributed by atoms with E-state index in [9.17, 15) is 0 Å². The first-order valence-electron chi connectivity index (χ1n) is 11.2. The van der Waals surface area contributed by atoms with Crippen molar-refractivity contribution in [1.82, 2.24) is 15.5 Å². The summed E-state index contributed by atoms with van der Waals surface area (Å²) in [6.45, 7) is 6.72. The van der Waals surface area contributed by atoms with Gasteiger partial charge in [-0.1, -0.05) is 25.7 Å². The topological polar surface area (TPSA) is 58.1 Å². The average Bonchev–Trinajstić information content (AvgIpc) is 3.14. The van der Waals surface area contributed by atoms with Crippen LogP contribution in [0.3, 0.4) is 0 Å². The number of nitrogens with zero attached hydrogens (tertiary/aromatic N) is 2. The fourth-order valence-corrected chi connectivity index (χ4v) is 4.82. The van der Waals surface area contributed by atoms with E-state index in [-0.39, 0.29) is 29.5 Å². The van der Waals surface area contributed by atoms with Crippen molar-refractivity contribution in [3.8, 4) is 0 Å². The second-order valence-corrected chi connectivity index (χ2v) is 8.37. The summed E-state index contributed by atoms with van der Waals surface area (Å²) in [6, 6.07) is 0. The first-order chi connectivity index (χ1) is 13.3. The van der Waals surface area contributed by atoms with Crippen LogP contribution < -0.4 is 10.6 Å².